The zero-order chi connectivity index (χ0) is 33.3. The molecule has 0 amide bonds. The fourth-order valence-corrected chi connectivity index (χ4v) is 6.88. The van der Waals surface area contributed by atoms with Crippen LogP contribution in [0.25, 0.3) is 66.4 Å². The molecule has 1 heterocycles. The molecule has 9 rings (SSSR count). The molecule has 8 aromatic carbocycles. The highest BCUT2D eigenvalue weighted by atomic mass is 16.3. The van der Waals surface area contributed by atoms with Gasteiger partial charge in [0.2, 0.25) is 0 Å². The van der Waals surface area contributed by atoms with E-state index in [1.54, 1.807) is 0 Å². The van der Waals surface area contributed by atoms with Gasteiger partial charge in [0.1, 0.15) is 11.2 Å². The van der Waals surface area contributed by atoms with Crippen LogP contribution in [-0.2, 0) is 0 Å². The summed E-state index contributed by atoms with van der Waals surface area (Å²) in [6, 6.07) is 71.1. The van der Waals surface area contributed by atoms with E-state index in [0.29, 0.717) is 0 Å². The van der Waals surface area contributed by atoms with Gasteiger partial charge >= 0.3 is 0 Å². The van der Waals surface area contributed by atoms with Gasteiger partial charge in [0.05, 0.1) is 0 Å². The SMILES string of the molecule is c1ccc(-c2ccc(N(c3ccc(-c4ccccc4)cc3)c3ccc(-c4ccc(-c5ccc6oc7ccccc7c6c5)cc4)cc3)cc2)cc1. The molecule has 2 nitrogen and oxygen atoms in total. The average molecular weight is 640 g/mol. The van der Waals surface area contributed by atoms with Crippen LogP contribution in [-0.4, -0.2) is 0 Å². The van der Waals surface area contributed by atoms with Gasteiger partial charge in [0, 0.05) is 27.8 Å². The molecule has 0 atom stereocenters. The van der Waals surface area contributed by atoms with E-state index in [1.807, 2.05) is 12.1 Å². The maximum absolute atomic E-state index is 6.05. The summed E-state index contributed by atoms with van der Waals surface area (Å²) < 4.78 is 6.05. The number of fused-ring (bicyclic) bond motifs is 3. The van der Waals surface area contributed by atoms with Crippen molar-refractivity contribution < 1.29 is 4.42 Å². The smallest absolute Gasteiger partial charge is 0.135 e. The summed E-state index contributed by atoms with van der Waals surface area (Å²) in [6.07, 6.45) is 0. The highest BCUT2D eigenvalue weighted by Gasteiger charge is 2.14. The highest BCUT2D eigenvalue weighted by molar-refractivity contribution is 6.06. The fourth-order valence-electron chi connectivity index (χ4n) is 6.88. The summed E-state index contributed by atoms with van der Waals surface area (Å²) in [7, 11) is 0. The molecule has 1 aromatic heterocycles. The van der Waals surface area contributed by atoms with Gasteiger partial charge in [-0.3, -0.25) is 0 Å². The van der Waals surface area contributed by atoms with Gasteiger partial charge in [-0.25, -0.2) is 0 Å². The lowest BCUT2D eigenvalue weighted by atomic mass is 9.98. The van der Waals surface area contributed by atoms with Crippen molar-refractivity contribution in [2.24, 2.45) is 0 Å². The van der Waals surface area contributed by atoms with Crippen molar-refractivity contribution in [2.45, 2.75) is 0 Å². The Bertz CT molecular complexity index is 2450. The Morgan fingerprint density at radius 1 is 0.260 bits per heavy atom. The molecule has 0 radical (unpaired) electrons. The number of anilines is 3. The molecule has 0 spiro atoms. The van der Waals surface area contributed by atoms with Crippen molar-refractivity contribution >= 4 is 39.0 Å². The van der Waals surface area contributed by atoms with Gasteiger partial charge in [-0.1, -0.05) is 146 Å². The molecule has 0 aliphatic carbocycles. The van der Waals surface area contributed by atoms with Crippen LogP contribution in [0.3, 0.4) is 0 Å². The van der Waals surface area contributed by atoms with Gasteiger partial charge in [0.25, 0.3) is 0 Å². The van der Waals surface area contributed by atoms with E-state index in [-0.39, 0.29) is 0 Å². The van der Waals surface area contributed by atoms with Gasteiger partial charge in [-0.2, -0.15) is 0 Å². The normalized spacial score (nSPS) is 11.2. The molecule has 0 aliphatic heterocycles. The molecule has 0 unspecified atom stereocenters. The Morgan fingerprint density at radius 2 is 0.600 bits per heavy atom. The minimum Gasteiger partial charge on any atom is -0.456 e. The first-order valence-corrected chi connectivity index (χ1v) is 17.0. The van der Waals surface area contributed by atoms with Crippen LogP contribution in [0.15, 0.2) is 205 Å². The largest absolute Gasteiger partial charge is 0.456 e. The zero-order valence-electron chi connectivity index (χ0n) is 27.4. The third-order valence-electron chi connectivity index (χ3n) is 9.52. The first kappa shape index (κ1) is 29.5. The average Bonchev–Trinajstić information content (AvgIpc) is 3.58. The van der Waals surface area contributed by atoms with E-state index in [4.69, 9.17) is 4.42 Å². The zero-order valence-corrected chi connectivity index (χ0v) is 27.4. The predicted molar refractivity (Wildman–Crippen MR) is 210 cm³/mol. The number of nitrogens with zero attached hydrogens (tertiary/aromatic N) is 1. The summed E-state index contributed by atoms with van der Waals surface area (Å²) in [5.41, 5.74) is 14.7. The second kappa shape index (κ2) is 12.8. The number of furan rings is 1. The third-order valence-corrected chi connectivity index (χ3v) is 9.52. The Labute approximate surface area is 292 Å². The summed E-state index contributed by atoms with van der Waals surface area (Å²) in [4.78, 5) is 2.33. The second-order valence-electron chi connectivity index (χ2n) is 12.6. The Kier molecular flexibility index (Phi) is 7.53. The molecule has 0 saturated carbocycles. The molecular formula is C48H33NO. The van der Waals surface area contributed by atoms with Crippen molar-refractivity contribution in [3.63, 3.8) is 0 Å². The van der Waals surface area contributed by atoms with Crippen LogP contribution < -0.4 is 4.90 Å². The Hall–Kier alpha value is -6.64. The van der Waals surface area contributed by atoms with Crippen molar-refractivity contribution in [3.8, 4) is 44.5 Å². The van der Waals surface area contributed by atoms with Crippen LogP contribution in [0.5, 0.6) is 0 Å². The second-order valence-corrected chi connectivity index (χ2v) is 12.6. The fraction of sp³-hybridized carbons (Fsp3) is 0. The van der Waals surface area contributed by atoms with E-state index in [0.717, 1.165) is 39.0 Å². The topological polar surface area (TPSA) is 16.4 Å². The Balaban J connectivity index is 1.02. The van der Waals surface area contributed by atoms with Gasteiger partial charge in [0.15, 0.2) is 0 Å². The number of benzene rings is 8. The maximum Gasteiger partial charge on any atom is 0.135 e. The number of rotatable bonds is 7. The lowest BCUT2D eigenvalue weighted by Gasteiger charge is -2.26. The van der Waals surface area contributed by atoms with E-state index in [1.165, 1.54) is 44.5 Å². The van der Waals surface area contributed by atoms with E-state index in [2.05, 4.69) is 193 Å². The molecule has 9 aromatic rings. The van der Waals surface area contributed by atoms with Crippen LogP contribution in [0.2, 0.25) is 0 Å². The monoisotopic (exact) mass is 639 g/mol. The molecule has 0 N–H and O–H groups in total. The van der Waals surface area contributed by atoms with Crippen molar-refractivity contribution in [1.29, 1.82) is 0 Å². The van der Waals surface area contributed by atoms with Crippen molar-refractivity contribution in [2.75, 3.05) is 4.90 Å². The van der Waals surface area contributed by atoms with E-state index < -0.39 is 0 Å². The van der Waals surface area contributed by atoms with E-state index in [9.17, 15) is 0 Å². The quantitative estimate of drug-likeness (QED) is 0.173. The molecule has 236 valence electrons. The van der Waals surface area contributed by atoms with Gasteiger partial charge < -0.3 is 9.32 Å². The molecular weight excluding hydrogens is 607 g/mol. The van der Waals surface area contributed by atoms with Gasteiger partial charge in [-0.05, 0) is 99.1 Å². The predicted octanol–water partition coefficient (Wildman–Crippen LogP) is 13.7. The first-order chi connectivity index (χ1) is 24.8. The van der Waals surface area contributed by atoms with E-state index >= 15 is 0 Å². The highest BCUT2D eigenvalue weighted by Crippen LogP contribution is 2.38. The third kappa shape index (κ3) is 5.63. The molecule has 2 heteroatoms. The lowest BCUT2D eigenvalue weighted by Crippen LogP contribution is -2.09. The van der Waals surface area contributed by atoms with Crippen LogP contribution >= 0.6 is 0 Å². The number of hydrogen-bond acceptors (Lipinski definition) is 2. The summed E-state index contributed by atoms with van der Waals surface area (Å²) in [6.45, 7) is 0. The Morgan fingerprint density at radius 3 is 1.08 bits per heavy atom. The van der Waals surface area contributed by atoms with Gasteiger partial charge in [-0.15, -0.1) is 0 Å². The summed E-state index contributed by atoms with van der Waals surface area (Å²) in [5.74, 6) is 0. The van der Waals surface area contributed by atoms with Crippen molar-refractivity contribution in [1.82, 2.24) is 0 Å². The molecule has 0 fully saturated rings. The van der Waals surface area contributed by atoms with Crippen molar-refractivity contribution in [3.05, 3.63) is 200 Å². The molecule has 0 bridgehead atoms. The summed E-state index contributed by atoms with van der Waals surface area (Å²) >= 11 is 0. The minimum absolute atomic E-state index is 0.917. The lowest BCUT2D eigenvalue weighted by molar-refractivity contribution is 0.669. The van der Waals surface area contributed by atoms with Crippen LogP contribution in [0.4, 0.5) is 17.1 Å². The summed E-state index contributed by atoms with van der Waals surface area (Å²) in [5, 5.41) is 2.29. The first-order valence-electron chi connectivity index (χ1n) is 17.0. The van der Waals surface area contributed by atoms with Crippen LogP contribution in [0, 0.1) is 0 Å². The maximum atomic E-state index is 6.05. The molecule has 0 aliphatic rings. The minimum atomic E-state index is 0.917. The number of para-hydroxylation sites is 1. The standard InChI is InChI=1S/C48H33NO/c1-3-9-34(10-4-1)37-19-26-42(27-20-37)49(43-28-21-38(22-29-43)35-11-5-2-6-12-35)44-30-23-39(24-31-44)36-15-17-40(18-16-36)41-25-32-48-46(33-41)45-13-7-8-14-47(45)50-48/h1-33H. The van der Waals surface area contributed by atoms with Crippen LogP contribution in [0.1, 0.15) is 0 Å². The molecule has 50 heavy (non-hydrogen) atoms. The molecule has 0 saturated heterocycles. The number of hydrogen-bond donors (Lipinski definition) is 0.